The molecule has 106 valence electrons. The molecule has 1 aliphatic heterocycles. The van der Waals surface area contributed by atoms with Crippen LogP contribution < -0.4 is 0 Å². The van der Waals surface area contributed by atoms with Gasteiger partial charge in [-0.3, -0.25) is 0 Å². The van der Waals surface area contributed by atoms with Crippen molar-refractivity contribution >= 4 is 8.07 Å². The Labute approximate surface area is 113 Å². The van der Waals surface area contributed by atoms with Gasteiger partial charge in [-0.2, -0.15) is 0 Å². The number of ether oxygens (including phenoxy) is 3. The average Bonchev–Trinajstić information content (AvgIpc) is 2.51. The van der Waals surface area contributed by atoms with E-state index in [4.69, 9.17) is 14.2 Å². The molecule has 3 nitrogen and oxygen atoms in total. The Morgan fingerprint density at radius 1 is 1.44 bits per heavy atom. The van der Waals surface area contributed by atoms with Crippen LogP contribution in [0.4, 0.5) is 0 Å². The molecule has 1 saturated heterocycles. The molecule has 0 aliphatic carbocycles. The van der Waals surface area contributed by atoms with Crippen molar-refractivity contribution in [3.63, 3.8) is 0 Å². The fraction of sp³-hybridized carbons (Fsp3) is 0.857. The summed E-state index contributed by atoms with van der Waals surface area (Å²) in [6.45, 7) is 13.7. The van der Waals surface area contributed by atoms with E-state index in [9.17, 15) is 0 Å². The molecule has 0 amide bonds. The van der Waals surface area contributed by atoms with Gasteiger partial charge in [0.05, 0.1) is 26.9 Å². The van der Waals surface area contributed by atoms with E-state index in [0.29, 0.717) is 6.61 Å². The largest absolute Gasteiger partial charge is 0.377 e. The predicted molar refractivity (Wildman–Crippen MR) is 77.4 cm³/mol. The van der Waals surface area contributed by atoms with Crippen LogP contribution in [0, 0.1) is 0 Å². The van der Waals surface area contributed by atoms with Gasteiger partial charge in [0.25, 0.3) is 0 Å². The van der Waals surface area contributed by atoms with Crippen LogP contribution in [0.5, 0.6) is 0 Å². The minimum absolute atomic E-state index is 0.134. The summed E-state index contributed by atoms with van der Waals surface area (Å²) in [5, 5.41) is 0. The summed E-state index contributed by atoms with van der Waals surface area (Å²) in [4.78, 5) is 0. The smallest absolute Gasteiger partial charge is 0.163 e. The molecule has 0 aromatic heterocycles. The predicted octanol–water partition coefficient (Wildman–Crippen LogP) is 3.37. The van der Waals surface area contributed by atoms with Gasteiger partial charge in [0.15, 0.2) is 5.79 Å². The van der Waals surface area contributed by atoms with Gasteiger partial charge in [0, 0.05) is 13.5 Å². The first-order valence-electron chi connectivity index (χ1n) is 6.67. The Kier molecular flexibility index (Phi) is 5.18. The molecule has 0 unspecified atom stereocenters. The summed E-state index contributed by atoms with van der Waals surface area (Å²) in [6, 6.07) is 0. The molecule has 0 N–H and O–H groups in total. The zero-order valence-electron chi connectivity index (χ0n) is 12.9. The number of hydrogen-bond donors (Lipinski definition) is 0. The molecule has 0 aromatic rings. The molecule has 1 heterocycles. The molecule has 2 atom stereocenters. The monoisotopic (exact) mass is 272 g/mol. The van der Waals surface area contributed by atoms with Gasteiger partial charge in [0.2, 0.25) is 0 Å². The summed E-state index contributed by atoms with van der Waals surface area (Å²) in [5.74, 6) is -0.445. The van der Waals surface area contributed by atoms with Crippen molar-refractivity contribution in [3.05, 3.63) is 11.3 Å². The third-order valence-electron chi connectivity index (χ3n) is 3.00. The number of hydrogen-bond acceptors (Lipinski definition) is 3. The lowest BCUT2D eigenvalue weighted by molar-refractivity contribution is -0.141. The normalized spacial score (nSPS) is 26.4. The van der Waals surface area contributed by atoms with Crippen molar-refractivity contribution in [1.29, 1.82) is 0 Å². The highest BCUT2D eigenvalue weighted by atomic mass is 28.3. The molecule has 1 fully saturated rings. The number of methoxy groups -OCH3 is 1. The van der Waals surface area contributed by atoms with E-state index in [1.807, 2.05) is 13.8 Å². The second-order valence-corrected chi connectivity index (χ2v) is 11.7. The van der Waals surface area contributed by atoms with Crippen LogP contribution in [0.1, 0.15) is 27.2 Å². The Balaban J connectivity index is 2.61. The fourth-order valence-corrected chi connectivity index (χ4v) is 3.91. The molecule has 1 aliphatic rings. The molecule has 0 bridgehead atoms. The zero-order chi connectivity index (χ0) is 14.0. The Morgan fingerprint density at radius 2 is 2.06 bits per heavy atom. The number of rotatable bonds is 5. The lowest BCUT2D eigenvalue weighted by Gasteiger charge is -2.23. The van der Waals surface area contributed by atoms with Crippen LogP contribution in [0.3, 0.4) is 0 Å². The molecule has 0 saturated carbocycles. The topological polar surface area (TPSA) is 27.7 Å². The van der Waals surface area contributed by atoms with E-state index >= 15 is 0 Å². The molecule has 4 heteroatoms. The first kappa shape index (κ1) is 15.9. The summed E-state index contributed by atoms with van der Waals surface area (Å²) in [7, 11) is 0.573. The second kappa shape index (κ2) is 5.86. The van der Waals surface area contributed by atoms with E-state index in [-0.39, 0.29) is 12.2 Å². The van der Waals surface area contributed by atoms with E-state index in [2.05, 4.69) is 32.3 Å². The van der Waals surface area contributed by atoms with Crippen molar-refractivity contribution < 1.29 is 14.2 Å². The van der Waals surface area contributed by atoms with Crippen molar-refractivity contribution in [3.8, 4) is 0 Å². The molecule has 18 heavy (non-hydrogen) atoms. The third-order valence-corrected chi connectivity index (χ3v) is 4.32. The van der Waals surface area contributed by atoms with Crippen LogP contribution in [0.2, 0.25) is 19.6 Å². The summed E-state index contributed by atoms with van der Waals surface area (Å²) < 4.78 is 17.0. The second-order valence-electron chi connectivity index (χ2n) is 6.67. The summed E-state index contributed by atoms with van der Waals surface area (Å²) >= 11 is 0. The molecular formula is C14H28O3Si. The quantitative estimate of drug-likeness (QED) is 0.718. The minimum atomic E-state index is -1.20. The van der Waals surface area contributed by atoms with Crippen LogP contribution in [-0.2, 0) is 14.2 Å². The zero-order valence-corrected chi connectivity index (χ0v) is 13.9. The Hall–Kier alpha value is -0.163. The highest BCUT2D eigenvalue weighted by molar-refractivity contribution is 6.81. The fourth-order valence-electron chi connectivity index (χ4n) is 2.36. The maximum Gasteiger partial charge on any atom is 0.163 e. The SMILES string of the molecule is CO[C@@H](C[C@@H]1COC(C)(C)O1)/C(C)=C/[Si](C)(C)C. The van der Waals surface area contributed by atoms with Gasteiger partial charge in [-0.25, -0.2) is 0 Å². The van der Waals surface area contributed by atoms with Gasteiger partial charge in [-0.05, 0) is 20.8 Å². The van der Waals surface area contributed by atoms with Crippen molar-refractivity contribution in [2.45, 2.75) is 64.8 Å². The van der Waals surface area contributed by atoms with Gasteiger partial charge < -0.3 is 14.2 Å². The van der Waals surface area contributed by atoms with Crippen LogP contribution in [0.25, 0.3) is 0 Å². The van der Waals surface area contributed by atoms with E-state index in [0.717, 1.165) is 6.42 Å². The molecule has 0 aromatic carbocycles. The van der Waals surface area contributed by atoms with E-state index in [1.165, 1.54) is 5.57 Å². The van der Waals surface area contributed by atoms with Crippen molar-refractivity contribution in [2.75, 3.05) is 13.7 Å². The maximum atomic E-state index is 5.84. The van der Waals surface area contributed by atoms with Crippen LogP contribution in [-0.4, -0.2) is 39.8 Å². The van der Waals surface area contributed by atoms with Crippen molar-refractivity contribution in [2.24, 2.45) is 0 Å². The lowest BCUT2D eigenvalue weighted by atomic mass is 10.1. The Bertz CT molecular complexity index is 305. The van der Waals surface area contributed by atoms with Crippen LogP contribution in [0.15, 0.2) is 11.3 Å². The standard InChI is InChI=1S/C14H28O3Si/c1-11(10-18(5,6)7)13(15-4)8-12-9-16-14(2,3)17-12/h10,12-13H,8-9H2,1-7H3/b11-10+/t12-,13+/m1/s1. The minimum Gasteiger partial charge on any atom is -0.377 e. The van der Waals surface area contributed by atoms with Gasteiger partial charge in [-0.15, -0.1) is 0 Å². The highest BCUT2D eigenvalue weighted by Gasteiger charge is 2.34. The van der Waals surface area contributed by atoms with E-state index in [1.54, 1.807) is 7.11 Å². The molecule has 1 rings (SSSR count). The average molecular weight is 272 g/mol. The first-order valence-corrected chi connectivity index (χ1v) is 10.2. The summed E-state index contributed by atoms with van der Waals surface area (Å²) in [6.07, 6.45) is 1.14. The van der Waals surface area contributed by atoms with Gasteiger partial charge in [-0.1, -0.05) is 30.9 Å². The molecule has 0 radical (unpaired) electrons. The Morgan fingerprint density at radius 3 is 2.44 bits per heavy atom. The highest BCUT2D eigenvalue weighted by Crippen LogP contribution is 2.27. The van der Waals surface area contributed by atoms with Gasteiger partial charge >= 0.3 is 0 Å². The van der Waals surface area contributed by atoms with E-state index < -0.39 is 13.9 Å². The lowest BCUT2D eigenvalue weighted by Crippen LogP contribution is -2.27. The summed E-state index contributed by atoms with van der Waals surface area (Å²) in [5.41, 5.74) is 3.73. The molecule has 0 spiro atoms. The molecular weight excluding hydrogens is 244 g/mol. The van der Waals surface area contributed by atoms with Crippen LogP contribution >= 0.6 is 0 Å². The van der Waals surface area contributed by atoms with Crippen molar-refractivity contribution in [1.82, 2.24) is 0 Å². The van der Waals surface area contributed by atoms with Gasteiger partial charge in [0.1, 0.15) is 0 Å². The maximum absolute atomic E-state index is 5.84. The third kappa shape index (κ3) is 5.22. The first-order chi connectivity index (χ1) is 8.13.